The maximum Gasteiger partial charge on any atom is 0.103 e. The molecule has 0 aromatic heterocycles. The molecule has 14 heavy (non-hydrogen) atoms. The number of morpholine rings is 1. The van der Waals surface area contributed by atoms with Crippen LogP contribution in [0.3, 0.4) is 0 Å². The van der Waals surface area contributed by atoms with Gasteiger partial charge in [-0.3, -0.25) is 5.32 Å². The first-order chi connectivity index (χ1) is 6.88. The van der Waals surface area contributed by atoms with Crippen LogP contribution in [0, 0.1) is 0 Å². The Labute approximate surface area is 84.7 Å². The van der Waals surface area contributed by atoms with Crippen LogP contribution in [0.1, 0.15) is 0 Å². The molecule has 1 aromatic carbocycles. The molecule has 1 aliphatic heterocycles. The Kier molecular flexibility index (Phi) is 3.01. The average Bonchev–Trinajstić information content (AvgIpc) is 2.30. The van der Waals surface area contributed by atoms with Crippen molar-refractivity contribution < 1.29 is 4.74 Å². The van der Waals surface area contributed by atoms with Crippen LogP contribution in [0.5, 0.6) is 0 Å². The quantitative estimate of drug-likeness (QED) is 0.758. The third-order valence-electron chi connectivity index (χ3n) is 2.53. The molecule has 0 radical (unpaired) electrons. The highest BCUT2D eigenvalue weighted by Crippen LogP contribution is 2.13. The van der Waals surface area contributed by atoms with Crippen LogP contribution in [0.15, 0.2) is 30.3 Å². The Bertz CT molecular complexity index is 270. The second-order valence-electron chi connectivity index (χ2n) is 3.49. The van der Waals surface area contributed by atoms with E-state index in [2.05, 4.69) is 41.5 Å². The average molecular weight is 192 g/mol. The van der Waals surface area contributed by atoms with Crippen LogP contribution < -0.4 is 10.2 Å². The van der Waals surface area contributed by atoms with Gasteiger partial charge in [0.25, 0.3) is 0 Å². The first-order valence-electron chi connectivity index (χ1n) is 4.97. The molecule has 1 heterocycles. The fourth-order valence-electron chi connectivity index (χ4n) is 1.64. The van der Waals surface area contributed by atoms with E-state index in [0.29, 0.717) is 6.17 Å². The molecular weight excluding hydrogens is 176 g/mol. The maximum atomic E-state index is 5.42. The van der Waals surface area contributed by atoms with Crippen LogP contribution in [0.4, 0.5) is 5.69 Å². The highest BCUT2D eigenvalue weighted by Gasteiger charge is 2.17. The van der Waals surface area contributed by atoms with Crippen LogP contribution in [0.25, 0.3) is 0 Å². The number of hydrogen-bond donors (Lipinski definition) is 1. The van der Waals surface area contributed by atoms with Gasteiger partial charge in [-0.15, -0.1) is 0 Å². The number of nitrogens with zero attached hydrogens (tertiary/aromatic N) is 1. The van der Waals surface area contributed by atoms with Gasteiger partial charge in [-0.2, -0.15) is 0 Å². The van der Waals surface area contributed by atoms with Crippen LogP contribution in [-0.2, 0) is 4.74 Å². The Hall–Kier alpha value is -1.06. The third kappa shape index (κ3) is 2.05. The summed E-state index contributed by atoms with van der Waals surface area (Å²) in [4.78, 5) is 2.21. The van der Waals surface area contributed by atoms with E-state index in [4.69, 9.17) is 4.74 Å². The fraction of sp³-hybridized carbons (Fsp3) is 0.455. The molecule has 76 valence electrons. The van der Waals surface area contributed by atoms with Crippen molar-refractivity contribution in [3.8, 4) is 0 Å². The van der Waals surface area contributed by atoms with Gasteiger partial charge in [-0.05, 0) is 12.1 Å². The van der Waals surface area contributed by atoms with Crippen molar-refractivity contribution >= 4 is 5.69 Å². The molecule has 3 nitrogen and oxygen atoms in total. The molecule has 1 saturated heterocycles. The zero-order valence-corrected chi connectivity index (χ0v) is 8.44. The molecule has 1 aliphatic rings. The summed E-state index contributed by atoms with van der Waals surface area (Å²) in [5, 5.41) is 3.42. The molecule has 0 aliphatic carbocycles. The van der Waals surface area contributed by atoms with Crippen molar-refractivity contribution in [3.63, 3.8) is 0 Å². The van der Waals surface area contributed by atoms with Crippen LogP contribution >= 0.6 is 0 Å². The Morgan fingerprint density at radius 1 is 1.36 bits per heavy atom. The van der Waals surface area contributed by atoms with Crippen molar-refractivity contribution in [3.05, 3.63) is 30.3 Å². The predicted octanol–water partition coefficient (Wildman–Crippen LogP) is 1.07. The van der Waals surface area contributed by atoms with Crippen molar-refractivity contribution in [2.45, 2.75) is 6.17 Å². The minimum absolute atomic E-state index is 0.297. The molecule has 0 spiro atoms. The Balaban J connectivity index is 2.03. The molecule has 3 heteroatoms. The van der Waals surface area contributed by atoms with Gasteiger partial charge in [-0.25, -0.2) is 0 Å². The first kappa shape index (κ1) is 9.49. The van der Waals surface area contributed by atoms with Gasteiger partial charge in [0.2, 0.25) is 0 Å². The molecular formula is C11H16N2O. The summed E-state index contributed by atoms with van der Waals surface area (Å²) < 4.78 is 5.42. The number of anilines is 1. The predicted molar refractivity (Wildman–Crippen MR) is 57.5 cm³/mol. The number of para-hydroxylation sites is 1. The van der Waals surface area contributed by atoms with E-state index in [1.54, 1.807) is 0 Å². The standard InChI is InChI=1S/C11H16N2O/c1-13(10-5-3-2-4-6-10)11-9-14-8-7-12-11/h2-6,11-12H,7-9H2,1H3. The lowest BCUT2D eigenvalue weighted by Gasteiger charge is -2.33. The van der Waals surface area contributed by atoms with E-state index in [1.165, 1.54) is 5.69 Å². The summed E-state index contributed by atoms with van der Waals surface area (Å²) in [7, 11) is 2.08. The van der Waals surface area contributed by atoms with E-state index in [-0.39, 0.29) is 0 Å². The number of ether oxygens (including phenoxy) is 1. The fourth-order valence-corrected chi connectivity index (χ4v) is 1.64. The van der Waals surface area contributed by atoms with E-state index < -0.39 is 0 Å². The van der Waals surface area contributed by atoms with Crippen molar-refractivity contribution in [2.75, 3.05) is 31.7 Å². The number of likely N-dealkylation sites (N-methyl/N-ethyl adjacent to an activating group) is 1. The second kappa shape index (κ2) is 4.44. The largest absolute Gasteiger partial charge is 0.377 e. The Morgan fingerprint density at radius 3 is 2.79 bits per heavy atom. The summed E-state index contributed by atoms with van der Waals surface area (Å²) in [6.07, 6.45) is 0.297. The van der Waals surface area contributed by atoms with Gasteiger partial charge in [0, 0.05) is 19.3 Å². The summed E-state index contributed by atoms with van der Waals surface area (Å²) in [5.74, 6) is 0. The van der Waals surface area contributed by atoms with Crippen LogP contribution in [-0.4, -0.2) is 33.0 Å². The normalized spacial score (nSPS) is 21.9. The zero-order valence-electron chi connectivity index (χ0n) is 8.44. The van der Waals surface area contributed by atoms with Crippen molar-refractivity contribution in [1.29, 1.82) is 0 Å². The highest BCUT2D eigenvalue weighted by molar-refractivity contribution is 5.46. The van der Waals surface area contributed by atoms with Gasteiger partial charge < -0.3 is 9.64 Å². The Morgan fingerprint density at radius 2 is 2.14 bits per heavy atom. The highest BCUT2D eigenvalue weighted by atomic mass is 16.5. The molecule has 1 atom stereocenters. The maximum absolute atomic E-state index is 5.42. The minimum atomic E-state index is 0.297. The zero-order chi connectivity index (χ0) is 9.80. The molecule has 1 aromatic rings. The lowest BCUT2D eigenvalue weighted by Crippen LogP contribution is -2.51. The molecule has 1 fully saturated rings. The molecule has 0 saturated carbocycles. The van der Waals surface area contributed by atoms with Gasteiger partial charge in [0.05, 0.1) is 13.2 Å². The van der Waals surface area contributed by atoms with Gasteiger partial charge in [0.15, 0.2) is 0 Å². The third-order valence-corrected chi connectivity index (χ3v) is 2.53. The second-order valence-corrected chi connectivity index (χ2v) is 3.49. The van der Waals surface area contributed by atoms with Gasteiger partial charge >= 0.3 is 0 Å². The summed E-state index contributed by atoms with van der Waals surface area (Å²) in [6.45, 7) is 2.51. The molecule has 1 N–H and O–H groups in total. The van der Waals surface area contributed by atoms with E-state index in [1.807, 2.05) is 6.07 Å². The topological polar surface area (TPSA) is 24.5 Å². The van der Waals surface area contributed by atoms with Gasteiger partial charge in [0.1, 0.15) is 6.17 Å². The summed E-state index contributed by atoms with van der Waals surface area (Å²) in [5.41, 5.74) is 1.22. The number of hydrogen-bond acceptors (Lipinski definition) is 3. The van der Waals surface area contributed by atoms with Crippen LogP contribution in [0.2, 0.25) is 0 Å². The molecule has 0 bridgehead atoms. The van der Waals surface area contributed by atoms with Crippen molar-refractivity contribution in [2.24, 2.45) is 0 Å². The molecule has 2 rings (SSSR count). The molecule has 1 unspecified atom stereocenters. The lowest BCUT2D eigenvalue weighted by molar-refractivity contribution is 0.0772. The van der Waals surface area contributed by atoms with Crippen molar-refractivity contribution in [1.82, 2.24) is 5.32 Å². The van der Waals surface area contributed by atoms with E-state index in [9.17, 15) is 0 Å². The molecule has 0 amide bonds. The number of rotatable bonds is 2. The lowest BCUT2D eigenvalue weighted by atomic mass is 10.2. The summed E-state index contributed by atoms with van der Waals surface area (Å²) >= 11 is 0. The van der Waals surface area contributed by atoms with E-state index in [0.717, 1.165) is 19.8 Å². The smallest absolute Gasteiger partial charge is 0.103 e. The minimum Gasteiger partial charge on any atom is -0.377 e. The number of benzene rings is 1. The van der Waals surface area contributed by atoms with E-state index >= 15 is 0 Å². The first-order valence-corrected chi connectivity index (χ1v) is 4.97. The number of nitrogens with one attached hydrogen (secondary N) is 1. The monoisotopic (exact) mass is 192 g/mol. The summed E-state index contributed by atoms with van der Waals surface area (Å²) in [6, 6.07) is 10.3. The SMILES string of the molecule is CN(c1ccccc1)C1COCCN1. The van der Waals surface area contributed by atoms with Gasteiger partial charge in [-0.1, -0.05) is 18.2 Å².